The van der Waals surface area contributed by atoms with Crippen molar-refractivity contribution in [2.75, 3.05) is 7.05 Å². The van der Waals surface area contributed by atoms with E-state index in [0.717, 1.165) is 18.2 Å². The summed E-state index contributed by atoms with van der Waals surface area (Å²) in [6.07, 6.45) is 8.82. The van der Waals surface area contributed by atoms with Crippen LogP contribution in [0, 0.1) is 11.3 Å². The highest BCUT2D eigenvalue weighted by Gasteiger charge is 2.39. The summed E-state index contributed by atoms with van der Waals surface area (Å²) >= 11 is 0. The van der Waals surface area contributed by atoms with Crippen LogP contribution in [0.5, 0.6) is 0 Å². The third kappa shape index (κ3) is 2.29. The largest absolute Gasteiger partial charge is 0.349 e. The summed E-state index contributed by atoms with van der Waals surface area (Å²) in [5.41, 5.74) is 0.472. The van der Waals surface area contributed by atoms with Crippen molar-refractivity contribution in [1.82, 2.24) is 15.3 Å². The van der Waals surface area contributed by atoms with Crippen molar-refractivity contribution >= 4 is 0 Å². The highest BCUT2D eigenvalue weighted by atomic mass is 14.9. The van der Waals surface area contributed by atoms with Gasteiger partial charge < -0.3 is 10.3 Å². The Kier molecular flexibility index (Phi) is 3.33. The van der Waals surface area contributed by atoms with E-state index < -0.39 is 0 Å². The fourth-order valence-electron chi connectivity index (χ4n) is 3.16. The summed E-state index contributed by atoms with van der Waals surface area (Å²) in [7, 11) is 2.07. The maximum atomic E-state index is 4.33. The molecule has 0 radical (unpaired) electrons. The molecular weight excluding hydrogens is 198 g/mol. The normalized spacial score (nSPS) is 25.8. The minimum Gasteiger partial charge on any atom is -0.349 e. The van der Waals surface area contributed by atoms with Crippen molar-refractivity contribution in [3.05, 3.63) is 18.2 Å². The van der Waals surface area contributed by atoms with Crippen molar-refractivity contribution in [2.24, 2.45) is 11.3 Å². The first-order chi connectivity index (χ1) is 7.63. The summed E-state index contributed by atoms with van der Waals surface area (Å²) < 4.78 is 0. The van der Waals surface area contributed by atoms with E-state index in [4.69, 9.17) is 0 Å². The van der Waals surface area contributed by atoms with Gasteiger partial charge in [0.1, 0.15) is 5.82 Å². The molecule has 1 heterocycles. The topological polar surface area (TPSA) is 40.7 Å². The Hall–Kier alpha value is -0.830. The first kappa shape index (κ1) is 11.6. The maximum absolute atomic E-state index is 4.33. The fraction of sp³-hybridized carbons (Fsp3) is 0.769. The minimum atomic E-state index is 0.472. The molecule has 3 heteroatoms. The molecular formula is C13H23N3. The van der Waals surface area contributed by atoms with Crippen LogP contribution in [0.15, 0.2) is 12.4 Å². The summed E-state index contributed by atoms with van der Waals surface area (Å²) in [6, 6.07) is 0.545. The van der Waals surface area contributed by atoms with Gasteiger partial charge in [-0.1, -0.05) is 20.3 Å². The molecule has 1 saturated carbocycles. The maximum Gasteiger partial charge on any atom is 0.107 e. The van der Waals surface area contributed by atoms with Crippen molar-refractivity contribution in [2.45, 2.75) is 45.6 Å². The van der Waals surface area contributed by atoms with Crippen LogP contribution in [0.2, 0.25) is 0 Å². The number of aromatic nitrogens is 2. The molecule has 2 unspecified atom stereocenters. The molecule has 16 heavy (non-hydrogen) atoms. The molecule has 0 spiro atoms. The zero-order chi connectivity index (χ0) is 11.6. The van der Waals surface area contributed by atoms with E-state index >= 15 is 0 Å². The molecule has 0 amide bonds. The van der Waals surface area contributed by atoms with Crippen LogP contribution in [0.3, 0.4) is 0 Å². The van der Waals surface area contributed by atoms with Gasteiger partial charge in [-0.25, -0.2) is 4.98 Å². The highest BCUT2D eigenvalue weighted by Crippen LogP contribution is 2.44. The zero-order valence-corrected chi connectivity index (χ0v) is 10.6. The van der Waals surface area contributed by atoms with E-state index in [0.29, 0.717) is 11.5 Å². The van der Waals surface area contributed by atoms with Gasteiger partial charge in [-0.2, -0.15) is 0 Å². The summed E-state index contributed by atoms with van der Waals surface area (Å²) in [5.74, 6) is 1.87. The summed E-state index contributed by atoms with van der Waals surface area (Å²) in [5, 5.41) is 3.48. The Morgan fingerprint density at radius 3 is 2.94 bits per heavy atom. The number of imidazole rings is 1. The van der Waals surface area contributed by atoms with Crippen molar-refractivity contribution in [3.63, 3.8) is 0 Å². The van der Waals surface area contributed by atoms with Crippen LogP contribution < -0.4 is 5.32 Å². The zero-order valence-electron chi connectivity index (χ0n) is 10.6. The van der Waals surface area contributed by atoms with Crippen LogP contribution >= 0.6 is 0 Å². The van der Waals surface area contributed by atoms with Gasteiger partial charge in [0.25, 0.3) is 0 Å². The lowest BCUT2D eigenvalue weighted by Gasteiger charge is -2.33. The predicted octanol–water partition coefficient (Wildman–Crippen LogP) is 2.37. The van der Waals surface area contributed by atoms with Gasteiger partial charge >= 0.3 is 0 Å². The van der Waals surface area contributed by atoms with Crippen LogP contribution in [0.25, 0.3) is 0 Å². The molecule has 1 aliphatic carbocycles. The lowest BCUT2D eigenvalue weighted by atomic mass is 9.76. The van der Waals surface area contributed by atoms with Gasteiger partial charge in [-0.15, -0.1) is 0 Å². The van der Waals surface area contributed by atoms with Gasteiger partial charge in [0.05, 0.1) is 0 Å². The standard InChI is InChI=1S/C13H23N3/c1-13(2)6-4-5-10(13)11(14-3)9-12-15-7-8-16-12/h7-8,10-11,14H,4-6,9H2,1-3H3,(H,15,16). The molecule has 1 aromatic rings. The van der Waals surface area contributed by atoms with Gasteiger partial charge in [-0.05, 0) is 31.2 Å². The fourth-order valence-corrected chi connectivity index (χ4v) is 3.16. The number of nitrogens with zero attached hydrogens (tertiary/aromatic N) is 1. The highest BCUT2D eigenvalue weighted by molar-refractivity contribution is 4.98. The lowest BCUT2D eigenvalue weighted by molar-refractivity contribution is 0.200. The molecule has 90 valence electrons. The van der Waals surface area contributed by atoms with Crippen molar-refractivity contribution in [1.29, 1.82) is 0 Å². The Bertz CT molecular complexity index is 316. The van der Waals surface area contributed by atoms with Crippen LogP contribution in [-0.4, -0.2) is 23.1 Å². The molecule has 3 nitrogen and oxygen atoms in total. The van der Waals surface area contributed by atoms with E-state index in [2.05, 4.69) is 36.2 Å². The van der Waals surface area contributed by atoms with Gasteiger partial charge in [-0.3, -0.25) is 0 Å². The molecule has 1 aliphatic rings. The number of aromatic amines is 1. The van der Waals surface area contributed by atoms with Crippen molar-refractivity contribution in [3.8, 4) is 0 Å². The molecule has 0 saturated heterocycles. The van der Waals surface area contributed by atoms with Gasteiger partial charge in [0.2, 0.25) is 0 Å². The Labute approximate surface area is 98.1 Å². The van der Waals surface area contributed by atoms with E-state index in [1.165, 1.54) is 19.3 Å². The van der Waals surface area contributed by atoms with Gasteiger partial charge in [0.15, 0.2) is 0 Å². The summed E-state index contributed by atoms with van der Waals surface area (Å²) in [6.45, 7) is 4.80. The van der Waals surface area contributed by atoms with Crippen LogP contribution in [0.1, 0.15) is 38.9 Å². The number of nitrogens with one attached hydrogen (secondary N) is 2. The van der Waals surface area contributed by atoms with E-state index in [-0.39, 0.29) is 0 Å². The third-order valence-corrected chi connectivity index (χ3v) is 4.16. The SMILES string of the molecule is CNC(Cc1ncc[nH]1)C1CCCC1(C)C. The smallest absolute Gasteiger partial charge is 0.107 e. The average Bonchev–Trinajstić information content (AvgIpc) is 2.84. The second-order valence-corrected chi connectivity index (χ2v) is 5.62. The number of hydrogen-bond donors (Lipinski definition) is 2. The van der Waals surface area contributed by atoms with Crippen LogP contribution in [0.4, 0.5) is 0 Å². The molecule has 0 aromatic carbocycles. The molecule has 0 bridgehead atoms. The quantitative estimate of drug-likeness (QED) is 0.819. The summed E-state index contributed by atoms with van der Waals surface area (Å²) in [4.78, 5) is 7.53. The lowest BCUT2D eigenvalue weighted by Crippen LogP contribution is -2.40. The molecule has 2 rings (SSSR count). The number of hydrogen-bond acceptors (Lipinski definition) is 2. The first-order valence-electron chi connectivity index (χ1n) is 6.29. The molecule has 1 fully saturated rings. The Balaban J connectivity index is 2.05. The first-order valence-corrected chi connectivity index (χ1v) is 6.29. The second kappa shape index (κ2) is 4.58. The van der Waals surface area contributed by atoms with Crippen molar-refractivity contribution < 1.29 is 0 Å². The van der Waals surface area contributed by atoms with E-state index in [1.54, 1.807) is 0 Å². The predicted molar refractivity (Wildman–Crippen MR) is 66.3 cm³/mol. The molecule has 2 atom stereocenters. The Morgan fingerprint density at radius 2 is 2.44 bits per heavy atom. The molecule has 1 aromatic heterocycles. The monoisotopic (exact) mass is 221 g/mol. The number of rotatable bonds is 4. The molecule has 2 N–H and O–H groups in total. The third-order valence-electron chi connectivity index (χ3n) is 4.16. The number of H-pyrrole nitrogens is 1. The van der Waals surface area contributed by atoms with Crippen LogP contribution in [-0.2, 0) is 6.42 Å². The average molecular weight is 221 g/mol. The minimum absolute atomic E-state index is 0.472. The second-order valence-electron chi connectivity index (χ2n) is 5.62. The number of likely N-dealkylation sites (N-methyl/N-ethyl adjacent to an activating group) is 1. The Morgan fingerprint density at radius 1 is 1.62 bits per heavy atom. The van der Waals surface area contributed by atoms with E-state index in [1.807, 2.05) is 12.4 Å². The van der Waals surface area contributed by atoms with Gasteiger partial charge in [0, 0.05) is 24.9 Å². The van der Waals surface area contributed by atoms with E-state index in [9.17, 15) is 0 Å². The molecule has 0 aliphatic heterocycles.